The molecular weight excluding hydrogens is 248 g/mol. The molecular formula is C10H7ClN2O4. The van der Waals surface area contributed by atoms with E-state index in [1.54, 1.807) is 6.07 Å². The van der Waals surface area contributed by atoms with E-state index < -0.39 is 10.9 Å². The van der Waals surface area contributed by atoms with Crippen molar-refractivity contribution in [2.75, 3.05) is 7.11 Å². The fourth-order valence-corrected chi connectivity index (χ4v) is 1.58. The van der Waals surface area contributed by atoms with E-state index in [1.807, 2.05) is 0 Å². The van der Waals surface area contributed by atoms with Gasteiger partial charge in [-0.25, -0.2) is 4.79 Å². The number of ether oxygens (including phenoxy) is 1. The molecule has 1 aromatic carbocycles. The Morgan fingerprint density at radius 1 is 1.65 bits per heavy atom. The molecule has 0 spiro atoms. The summed E-state index contributed by atoms with van der Waals surface area (Å²) < 4.78 is 4.44. The third-order valence-corrected chi connectivity index (χ3v) is 2.37. The van der Waals surface area contributed by atoms with Gasteiger partial charge in [-0.15, -0.1) is 11.6 Å². The number of hydrogen-bond donors (Lipinski definition) is 0. The van der Waals surface area contributed by atoms with Gasteiger partial charge in [0.2, 0.25) is 0 Å². The maximum Gasteiger partial charge on any atom is 0.338 e. The van der Waals surface area contributed by atoms with E-state index in [-0.39, 0.29) is 28.3 Å². The number of nitro benzene ring substituents is 1. The van der Waals surface area contributed by atoms with Crippen molar-refractivity contribution in [3.8, 4) is 6.07 Å². The van der Waals surface area contributed by atoms with Crippen LogP contribution in [0, 0.1) is 21.4 Å². The average molecular weight is 255 g/mol. The highest BCUT2D eigenvalue weighted by molar-refractivity contribution is 6.17. The van der Waals surface area contributed by atoms with Gasteiger partial charge in [0.05, 0.1) is 40.7 Å². The first-order valence-corrected chi connectivity index (χ1v) is 4.94. The van der Waals surface area contributed by atoms with Crippen LogP contribution in [0.25, 0.3) is 0 Å². The van der Waals surface area contributed by atoms with Gasteiger partial charge in [-0.1, -0.05) is 0 Å². The average Bonchev–Trinajstić information content (AvgIpc) is 2.35. The van der Waals surface area contributed by atoms with Crippen molar-refractivity contribution in [3.63, 3.8) is 0 Å². The third kappa shape index (κ3) is 2.52. The summed E-state index contributed by atoms with van der Waals surface area (Å²) in [6, 6.07) is 4.03. The Kier molecular flexibility index (Phi) is 4.01. The zero-order valence-electron chi connectivity index (χ0n) is 8.77. The van der Waals surface area contributed by atoms with Crippen molar-refractivity contribution < 1.29 is 14.5 Å². The number of nitriles is 1. The Morgan fingerprint density at radius 2 is 2.29 bits per heavy atom. The summed E-state index contributed by atoms with van der Waals surface area (Å²) >= 11 is 5.55. The van der Waals surface area contributed by atoms with Crippen LogP contribution >= 0.6 is 11.6 Å². The fourth-order valence-electron chi connectivity index (χ4n) is 1.30. The number of rotatable bonds is 3. The van der Waals surface area contributed by atoms with Crippen LogP contribution in [0.2, 0.25) is 0 Å². The normalized spacial score (nSPS) is 9.47. The van der Waals surface area contributed by atoms with Crippen LogP contribution in [-0.2, 0) is 10.6 Å². The minimum absolute atomic E-state index is 0.00500. The summed E-state index contributed by atoms with van der Waals surface area (Å²) in [5.41, 5.74) is -0.328. The predicted molar refractivity (Wildman–Crippen MR) is 58.7 cm³/mol. The number of nitro groups is 1. The van der Waals surface area contributed by atoms with E-state index in [1.165, 1.54) is 6.07 Å². The monoisotopic (exact) mass is 254 g/mol. The molecule has 0 aliphatic carbocycles. The molecule has 0 saturated heterocycles. The third-order valence-electron chi connectivity index (χ3n) is 2.10. The molecule has 1 rings (SSSR count). The Morgan fingerprint density at radius 3 is 2.71 bits per heavy atom. The minimum Gasteiger partial charge on any atom is -0.465 e. The number of halogens is 1. The highest BCUT2D eigenvalue weighted by Gasteiger charge is 2.21. The molecule has 7 heteroatoms. The highest BCUT2D eigenvalue weighted by atomic mass is 35.5. The molecule has 0 unspecified atom stereocenters. The zero-order chi connectivity index (χ0) is 13.0. The van der Waals surface area contributed by atoms with Crippen molar-refractivity contribution >= 4 is 23.3 Å². The van der Waals surface area contributed by atoms with Crippen molar-refractivity contribution in [3.05, 3.63) is 38.9 Å². The van der Waals surface area contributed by atoms with Crippen LogP contribution in [0.4, 0.5) is 5.69 Å². The Balaban J connectivity index is 3.52. The molecule has 88 valence electrons. The van der Waals surface area contributed by atoms with Gasteiger partial charge < -0.3 is 4.74 Å². The van der Waals surface area contributed by atoms with E-state index in [2.05, 4.69) is 4.74 Å². The summed E-state index contributed by atoms with van der Waals surface area (Å²) in [4.78, 5) is 21.4. The minimum atomic E-state index is -0.745. The lowest BCUT2D eigenvalue weighted by Gasteiger charge is -2.04. The molecule has 1 aromatic rings. The molecule has 0 saturated carbocycles. The molecule has 0 amide bonds. The second-order valence-electron chi connectivity index (χ2n) is 3.02. The van der Waals surface area contributed by atoms with Crippen LogP contribution < -0.4 is 0 Å². The zero-order valence-corrected chi connectivity index (χ0v) is 9.52. The maximum atomic E-state index is 11.3. The smallest absolute Gasteiger partial charge is 0.338 e. The summed E-state index contributed by atoms with van der Waals surface area (Å²) in [5.74, 6) is -0.925. The Labute approximate surface area is 102 Å². The number of carbonyl (C=O) groups is 1. The van der Waals surface area contributed by atoms with Crippen molar-refractivity contribution in [1.29, 1.82) is 5.26 Å². The molecule has 0 aromatic heterocycles. The molecule has 0 aliphatic heterocycles. The first kappa shape index (κ1) is 12.9. The second-order valence-corrected chi connectivity index (χ2v) is 3.28. The molecule has 0 N–H and O–H groups in total. The number of alkyl halides is 1. The molecule has 0 atom stereocenters. The fraction of sp³-hybridized carbons (Fsp3) is 0.200. The largest absolute Gasteiger partial charge is 0.465 e. The van der Waals surface area contributed by atoms with Gasteiger partial charge in [0.15, 0.2) is 0 Å². The van der Waals surface area contributed by atoms with E-state index in [0.717, 1.165) is 13.2 Å². The van der Waals surface area contributed by atoms with Gasteiger partial charge in [-0.05, 0) is 6.07 Å². The lowest BCUT2D eigenvalue weighted by molar-refractivity contribution is -0.385. The molecule has 0 bridgehead atoms. The van der Waals surface area contributed by atoms with Crippen molar-refractivity contribution in [2.45, 2.75) is 5.88 Å². The molecule has 0 heterocycles. The first-order valence-electron chi connectivity index (χ1n) is 4.40. The maximum absolute atomic E-state index is 11.3. The van der Waals surface area contributed by atoms with Crippen LogP contribution in [0.5, 0.6) is 0 Å². The lowest BCUT2D eigenvalue weighted by Crippen LogP contribution is -2.05. The highest BCUT2D eigenvalue weighted by Crippen LogP contribution is 2.26. The number of methoxy groups -OCH3 is 1. The van der Waals surface area contributed by atoms with Gasteiger partial charge in [-0.2, -0.15) is 5.26 Å². The van der Waals surface area contributed by atoms with Crippen LogP contribution in [0.3, 0.4) is 0 Å². The topological polar surface area (TPSA) is 93.2 Å². The number of carbonyl (C=O) groups excluding carboxylic acids is 1. The summed E-state index contributed by atoms with van der Waals surface area (Å²) in [5, 5.41) is 19.6. The Bertz CT molecular complexity index is 522. The van der Waals surface area contributed by atoms with E-state index in [4.69, 9.17) is 16.9 Å². The number of esters is 1. The molecule has 0 aliphatic rings. The summed E-state index contributed by atoms with van der Waals surface area (Å²) in [6.45, 7) is 0. The molecule has 0 radical (unpaired) electrons. The van der Waals surface area contributed by atoms with Gasteiger partial charge in [0, 0.05) is 6.07 Å². The number of benzene rings is 1. The second kappa shape index (κ2) is 5.27. The van der Waals surface area contributed by atoms with Gasteiger partial charge >= 0.3 is 5.97 Å². The van der Waals surface area contributed by atoms with Crippen LogP contribution in [0.1, 0.15) is 21.5 Å². The first-order chi connectivity index (χ1) is 8.04. The van der Waals surface area contributed by atoms with Crippen molar-refractivity contribution in [1.82, 2.24) is 0 Å². The van der Waals surface area contributed by atoms with Crippen LogP contribution in [0.15, 0.2) is 12.1 Å². The molecule has 0 fully saturated rings. The Hall–Kier alpha value is -2.13. The van der Waals surface area contributed by atoms with E-state index in [9.17, 15) is 14.9 Å². The summed E-state index contributed by atoms with van der Waals surface area (Å²) in [7, 11) is 1.15. The standard InChI is InChI=1S/C10H7ClN2O4/c1-17-10(14)6-2-7(5-12)8(4-11)9(3-6)13(15)16/h2-3H,4H2,1H3. The summed E-state index contributed by atoms with van der Waals surface area (Å²) in [6.07, 6.45) is 0. The van der Waals surface area contributed by atoms with E-state index >= 15 is 0 Å². The predicted octanol–water partition coefficient (Wildman–Crippen LogP) is 1.99. The van der Waals surface area contributed by atoms with Gasteiger partial charge in [0.25, 0.3) is 5.69 Å². The van der Waals surface area contributed by atoms with E-state index in [0.29, 0.717) is 0 Å². The van der Waals surface area contributed by atoms with Crippen LogP contribution in [-0.4, -0.2) is 18.0 Å². The SMILES string of the molecule is COC(=O)c1cc(C#N)c(CCl)c([N+](=O)[O-])c1. The molecule has 6 nitrogen and oxygen atoms in total. The quantitative estimate of drug-likeness (QED) is 0.356. The van der Waals surface area contributed by atoms with Gasteiger partial charge in [-0.3, -0.25) is 10.1 Å². The lowest BCUT2D eigenvalue weighted by atomic mass is 10.0. The molecule has 17 heavy (non-hydrogen) atoms. The van der Waals surface area contributed by atoms with Gasteiger partial charge in [0.1, 0.15) is 0 Å². The number of hydrogen-bond acceptors (Lipinski definition) is 5. The number of nitrogens with zero attached hydrogens (tertiary/aromatic N) is 2. The van der Waals surface area contributed by atoms with Crippen molar-refractivity contribution in [2.24, 2.45) is 0 Å².